The highest BCUT2D eigenvalue weighted by atomic mass is 16.6. The molecule has 4 saturated carbocycles. The molecule has 7 heteroatoms. The summed E-state index contributed by atoms with van der Waals surface area (Å²) in [6.45, 7) is 8.64. The van der Waals surface area contributed by atoms with Gasteiger partial charge in [0.2, 0.25) is 0 Å². The SMILES string of the molecule is CC(=O)O[C@@H]1[C@H]2CC[C@@H]3[C@]1(C[C@@H](O)[C@@]1(O)C([C@@H]4O[C@@H]4C1(C)C)[C@]3(C)O)C[C@@]2(C)O. The van der Waals surface area contributed by atoms with Gasteiger partial charge in [-0.2, -0.15) is 0 Å². The molecule has 0 aromatic rings. The summed E-state index contributed by atoms with van der Waals surface area (Å²) in [6.07, 6.45) is -0.470. The van der Waals surface area contributed by atoms with E-state index in [1.807, 2.05) is 13.8 Å². The first-order chi connectivity index (χ1) is 13.2. The van der Waals surface area contributed by atoms with Crippen molar-refractivity contribution < 1.29 is 34.7 Å². The standard InChI is InChI=1S/C22H34O7/c1-10(23)28-16-11-6-7-12-20(5,26)15-14-17(29-14)18(2,3)22(15,27)13(24)8-21(12,16)9-19(11,4)25/h11-17,24-27H,6-9H2,1-5H3/t11-,12+,13-,14+,15?,16-,17+,19-,20-,21+,22-/m1/s1. The Morgan fingerprint density at radius 3 is 2.38 bits per heavy atom. The van der Waals surface area contributed by atoms with Crippen LogP contribution >= 0.6 is 0 Å². The average molecular weight is 411 g/mol. The van der Waals surface area contributed by atoms with Gasteiger partial charge in [-0.1, -0.05) is 13.8 Å². The number of hydrogen-bond acceptors (Lipinski definition) is 7. The third-order valence-corrected chi connectivity index (χ3v) is 9.66. The maximum atomic E-state index is 12.0. The van der Waals surface area contributed by atoms with E-state index in [2.05, 4.69) is 0 Å². The molecule has 2 bridgehead atoms. The Bertz CT molecular complexity index is 760. The van der Waals surface area contributed by atoms with Crippen LogP contribution in [-0.2, 0) is 14.3 Å². The molecule has 4 N–H and O–H groups in total. The molecule has 5 aliphatic rings. The molecule has 29 heavy (non-hydrogen) atoms. The van der Waals surface area contributed by atoms with Crippen molar-refractivity contribution in [1.82, 2.24) is 0 Å². The predicted octanol–water partition coefficient (Wildman–Crippen LogP) is 0.755. The van der Waals surface area contributed by atoms with Gasteiger partial charge < -0.3 is 29.9 Å². The van der Waals surface area contributed by atoms with Crippen LogP contribution in [0.1, 0.15) is 60.3 Å². The lowest BCUT2D eigenvalue weighted by Gasteiger charge is -2.52. The summed E-state index contributed by atoms with van der Waals surface area (Å²) in [5.74, 6) is -1.66. The average Bonchev–Trinajstić information content (AvgIpc) is 3.29. The summed E-state index contributed by atoms with van der Waals surface area (Å²) in [5, 5.41) is 46.6. The molecule has 1 heterocycles. The van der Waals surface area contributed by atoms with Crippen LogP contribution in [-0.4, -0.2) is 67.6 Å². The van der Waals surface area contributed by atoms with Crippen molar-refractivity contribution in [3.63, 3.8) is 0 Å². The molecule has 0 aromatic carbocycles. The second kappa shape index (κ2) is 5.36. The number of carbonyl (C=O) groups is 1. The topological polar surface area (TPSA) is 120 Å². The zero-order valence-electron chi connectivity index (χ0n) is 17.9. The van der Waals surface area contributed by atoms with Crippen molar-refractivity contribution in [2.24, 2.45) is 28.6 Å². The Kier molecular flexibility index (Phi) is 3.73. The van der Waals surface area contributed by atoms with Gasteiger partial charge in [0.05, 0.1) is 29.5 Å². The van der Waals surface area contributed by atoms with Crippen LogP contribution in [0.4, 0.5) is 0 Å². The van der Waals surface area contributed by atoms with Gasteiger partial charge in [0.15, 0.2) is 0 Å². The van der Waals surface area contributed by atoms with Crippen LogP contribution in [0.2, 0.25) is 0 Å². The smallest absolute Gasteiger partial charge is 0.302 e. The fourth-order valence-corrected chi connectivity index (χ4v) is 8.61. The molecule has 5 rings (SSSR count). The number of epoxide rings is 1. The van der Waals surface area contributed by atoms with Crippen molar-refractivity contribution in [3.05, 3.63) is 0 Å². The third kappa shape index (κ3) is 2.14. The van der Waals surface area contributed by atoms with Gasteiger partial charge in [0, 0.05) is 29.6 Å². The van der Waals surface area contributed by atoms with Gasteiger partial charge in [0.25, 0.3) is 0 Å². The second-order valence-corrected chi connectivity index (χ2v) is 11.5. The molecule has 5 fully saturated rings. The maximum Gasteiger partial charge on any atom is 0.302 e. The first-order valence-electron chi connectivity index (χ1n) is 10.9. The van der Waals surface area contributed by atoms with E-state index in [-0.39, 0.29) is 30.5 Å². The summed E-state index contributed by atoms with van der Waals surface area (Å²) < 4.78 is 11.6. The predicted molar refractivity (Wildman–Crippen MR) is 102 cm³/mol. The van der Waals surface area contributed by atoms with Crippen LogP contribution in [0.3, 0.4) is 0 Å². The Morgan fingerprint density at radius 2 is 1.76 bits per heavy atom. The molecule has 164 valence electrons. The normalized spacial score (nSPS) is 61.9. The minimum Gasteiger partial charge on any atom is -0.462 e. The molecular weight excluding hydrogens is 376 g/mol. The van der Waals surface area contributed by atoms with Gasteiger partial charge in [0.1, 0.15) is 11.7 Å². The molecule has 0 amide bonds. The van der Waals surface area contributed by atoms with Crippen LogP contribution in [0.5, 0.6) is 0 Å². The van der Waals surface area contributed by atoms with Gasteiger partial charge >= 0.3 is 5.97 Å². The van der Waals surface area contributed by atoms with E-state index in [0.717, 1.165) is 0 Å². The summed E-state index contributed by atoms with van der Waals surface area (Å²) in [6, 6.07) is 0. The highest BCUT2D eigenvalue weighted by Gasteiger charge is 2.83. The lowest BCUT2D eigenvalue weighted by atomic mass is 9.57. The van der Waals surface area contributed by atoms with Crippen molar-refractivity contribution in [3.8, 4) is 0 Å². The largest absolute Gasteiger partial charge is 0.462 e. The quantitative estimate of drug-likeness (QED) is 0.372. The van der Waals surface area contributed by atoms with Gasteiger partial charge in [-0.15, -0.1) is 0 Å². The number of rotatable bonds is 1. The Hall–Kier alpha value is -0.730. The number of aliphatic hydroxyl groups excluding tert-OH is 1. The van der Waals surface area contributed by atoms with E-state index in [1.54, 1.807) is 13.8 Å². The van der Waals surface area contributed by atoms with Crippen LogP contribution in [0.25, 0.3) is 0 Å². The number of carbonyl (C=O) groups excluding carboxylic acids is 1. The Morgan fingerprint density at radius 1 is 1.10 bits per heavy atom. The van der Waals surface area contributed by atoms with E-state index in [4.69, 9.17) is 9.47 Å². The lowest BCUT2D eigenvalue weighted by Crippen LogP contribution is -2.63. The maximum absolute atomic E-state index is 12.0. The monoisotopic (exact) mass is 410 g/mol. The number of ether oxygens (including phenoxy) is 2. The highest BCUT2D eigenvalue weighted by molar-refractivity contribution is 5.66. The zero-order chi connectivity index (χ0) is 21.4. The first-order valence-corrected chi connectivity index (χ1v) is 10.9. The fraction of sp³-hybridized carbons (Fsp3) is 0.955. The van der Waals surface area contributed by atoms with E-state index >= 15 is 0 Å². The van der Waals surface area contributed by atoms with Crippen LogP contribution in [0, 0.1) is 28.6 Å². The minimum absolute atomic E-state index is 0.175. The molecule has 0 radical (unpaired) electrons. The fourth-order valence-electron chi connectivity index (χ4n) is 8.61. The molecule has 1 spiro atoms. The summed E-state index contributed by atoms with van der Waals surface area (Å²) in [4.78, 5) is 12.0. The Labute approximate surface area is 171 Å². The van der Waals surface area contributed by atoms with Gasteiger partial charge in [-0.3, -0.25) is 4.79 Å². The molecule has 4 aliphatic carbocycles. The molecule has 7 nitrogen and oxygen atoms in total. The summed E-state index contributed by atoms with van der Waals surface area (Å²) in [5.41, 5.74) is -5.47. The van der Waals surface area contributed by atoms with E-state index in [0.29, 0.717) is 19.3 Å². The highest BCUT2D eigenvalue weighted by Crippen LogP contribution is 2.73. The molecule has 11 atom stereocenters. The molecule has 0 aromatic heterocycles. The number of hydrogen-bond donors (Lipinski definition) is 4. The van der Waals surface area contributed by atoms with Gasteiger partial charge in [-0.05, 0) is 45.4 Å². The minimum atomic E-state index is -1.53. The van der Waals surface area contributed by atoms with Crippen LogP contribution in [0.15, 0.2) is 0 Å². The lowest BCUT2D eigenvalue weighted by molar-refractivity contribution is -0.223. The van der Waals surface area contributed by atoms with E-state index < -0.39 is 51.7 Å². The summed E-state index contributed by atoms with van der Waals surface area (Å²) >= 11 is 0. The van der Waals surface area contributed by atoms with Gasteiger partial charge in [-0.25, -0.2) is 0 Å². The van der Waals surface area contributed by atoms with Crippen molar-refractivity contribution in [2.45, 2.75) is 102 Å². The zero-order valence-corrected chi connectivity index (χ0v) is 17.9. The third-order valence-electron chi connectivity index (χ3n) is 9.66. The molecule has 1 unspecified atom stereocenters. The van der Waals surface area contributed by atoms with Crippen LogP contribution < -0.4 is 0 Å². The molecule has 1 saturated heterocycles. The van der Waals surface area contributed by atoms with E-state index in [9.17, 15) is 25.2 Å². The van der Waals surface area contributed by atoms with Crippen molar-refractivity contribution in [1.29, 1.82) is 0 Å². The van der Waals surface area contributed by atoms with E-state index in [1.165, 1.54) is 6.92 Å². The summed E-state index contributed by atoms with van der Waals surface area (Å²) in [7, 11) is 0. The second-order valence-electron chi connectivity index (χ2n) is 11.5. The molecular formula is C22H34O7. The number of aliphatic hydroxyl groups is 4. The Balaban J connectivity index is 1.69. The number of esters is 1. The molecule has 1 aliphatic heterocycles. The first kappa shape index (κ1) is 20.2. The number of fused-ring (bicyclic) bond motifs is 4. The van der Waals surface area contributed by atoms with Crippen molar-refractivity contribution >= 4 is 5.97 Å². The van der Waals surface area contributed by atoms with Crippen molar-refractivity contribution in [2.75, 3.05) is 0 Å².